The predicted molar refractivity (Wildman–Crippen MR) is 204 cm³/mol. The largest absolute Gasteiger partial charge is 0.488 e. The molecule has 0 aromatic heterocycles. The molecule has 2 aliphatic rings. The van der Waals surface area contributed by atoms with Crippen LogP contribution in [0.5, 0.6) is 17.2 Å². The zero-order valence-electron chi connectivity index (χ0n) is 33.5. The molecule has 0 aliphatic carbocycles. The summed E-state index contributed by atoms with van der Waals surface area (Å²) in [6.07, 6.45) is 0.838. The minimum atomic E-state index is -0.438. The van der Waals surface area contributed by atoms with E-state index in [0.29, 0.717) is 13.2 Å². The highest BCUT2D eigenvalue weighted by atomic mass is 16.7. The zero-order valence-corrected chi connectivity index (χ0v) is 33.5. The van der Waals surface area contributed by atoms with Gasteiger partial charge in [0.1, 0.15) is 39.7 Å². The number of carbonyl (C=O) groups is 1. The maximum Gasteiger partial charge on any atom is 0.310 e. The summed E-state index contributed by atoms with van der Waals surface area (Å²) < 4.78 is 44.4. The molecule has 0 bridgehead atoms. The summed E-state index contributed by atoms with van der Waals surface area (Å²) in [5.74, 6) is 2.34. The van der Waals surface area contributed by atoms with Gasteiger partial charge in [0.05, 0.1) is 32.8 Å². The van der Waals surface area contributed by atoms with Crippen LogP contribution in [0.15, 0.2) is 72.8 Å². The van der Waals surface area contributed by atoms with E-state index in [1.165, 1.54) is 0 Å². The minimum absolute atomic E-state index is 0.165. The lowest BCUT2D eigenvalue weighted by Crippen LogP contribution is -2.25. The Bertz CT molecular complexity index is 1460. The second kappa shape index (κ2) is 18.9. The summed E-state index contributed by atoms with van der Waals surface area (Å²) in [7, 11) is 0. The summed E-state index contributed by atoms with van der Waals surface area (Å²) in [5.41, 5.74) is 2.03. The van der Waals surface area contributed by atoms with Crippen molar-refractivity contribution in [2.24, 2.45) is 0 Å². The van der Waals surface area contributed by atoms with E-state index in [1.54, 1.807) is 0 Å². The lowest BCUT2D eigenvalue weighted by Gasteiger charge is -2.24. The summed E-state index contributed by atoms with van der Waals surface area (Å²) in [6, 6.07) is 23.3. The molecule has 3 aromatic rings. The highest BCUT2D eigenvalue weighted by molar-refractivity contribution is 5.73. The molecule has 2 fully saturated rings. The van der Waals surface area contributed by atoms with Gasteiger partial charge in [0.2, 0.25) is 0 Å². The van der Waals surface area contributed by atoms with Crippen molar-refractivity contribution in [3.63, 3.8) is 0 Å². The van der Waals surface area contributed by atoms with Gasteiger partial charge in [-0.05, 0) is 131 Å². The van der Waals surface area contributed by atoms with Crippen LogP contribution in [0.4, 0.5) is 0 Å². The fraction of sp³-hybridized carbons (Fsp3) is 0.558. The first-order chi connectivity index (χ1) is 24.1. The molecule has 288 valence electrons. The van der Waals surface area contributed by atoms with Gasteiger partial charge in [-0.1, -0.05) is 36.4 Å². The molecule has 52 heavy (non-hydrogen) atoms. The van der Waals surface area contributed by atoms with Gasteiger partial charge in [-0.15, -0.1) is 0 Å². The van der Waals surface area contributed by atoms with Crippen LogP contribution in [-0.4, -0.2) is 54.8 Å². The Hall–Kier alpha value is -3.63. The number of rotatable bonds is 7. The average molecular weight is 723 g/mol. The molecule has 0 radical (unpaired) electrons. The molecule has 5 rings (SSSR count). The molecule has 9 nitrogen and oxygen atoms in total. The predicted octanol–water partition coefficient (Wildman–Crippen LogP) is 9.96. The number of esters is 1. The Morgan fingerprint density at radius 2 is 0.827 bits per heavy atom. The molecule has 9 heteroatoms. The smallest absolute Gasteiger partial charge is 0.310 e. The fourth-order valence-corrected chi connectivity index (χ4v) is 4.90. The van der Waals surface area contributed by atoms with Crippen LogP contribution in [0, 0.1) is 0 Å². The Morgan fingerprint density at radius 3 is 1.15 bits per heavy atom. The first kappa shape index (κ1) is 42.8. The normalized spacial score (nSPS) is 15.8. The molecule has 2 aliphatic heterocycles. The highest BCUT2D eigenvalue weighted by Crippen LogP contribution is 2.28. The first-order valence-electron chi connectivity index (χ1n) is 18.2. The first-order valence-corrected chi connectivity index (χ1v) is 18.2. The molecule has 3 aromatic carbocycles. The second-order valence-corrected chi connectivity index (χ2v) is 16.7. The van der Waals surface area contributed by atoms with E-state index in [-0.39, 0.29) is 41.8 Å². The zero-order chi connectivity index (χ0) is 38.6. The summed E-state index contributed by atoms with van der Waals surface area (Å²) >= 11 is 0. The molecule has 0 unspecified atom stereocenters. The topological polar surface area (TPSA) is 90.9 Å². The lowest BCUT2D eigenvalue weighted by atomic mass is 10.1. The van der Waals surface area contributed by atoms with Crippen LogP contribution in [-0.2, 0) is 34.9 Å². The summed E-state index contributed by atoms with van der Waals surface area (Å²) in [6.45, 7) is 26.7. The van der Waals surface area contributed by atoms with Gasteiger partial charge in [-0.3, -0.25) is 4.79 Å². The van der Waals surface area contributed by atoms with Gasteiger partial charge >= 0.3 is 5.97 Å². The third-order valence-corrected chi connectivity index (χ3v) is 6.72. The van der Waals surface area contributed by atoms with Gasteiger partial charge < -0.3 is 37.9 Å². The van der Waals surface area contributed by atoms with Gasteiger partial charge in [-0.25, -0.2) is 0 Å². The third-order valence-electron chi connectivity index (χ3n) is 6.72. The molecule has 0 amide bonds. The van der Waals surface area contributed by atoms with Crippen LogP contribution in [0.2, 0.25) is 0 Å². The van der Waals surface area contributed by atoms with Crippen molar-refractivity contribution >= 4 is 5.97 Å². The SMILES string of the molecule is CC(C)(C)OC(=O)Cc1ccc(OC(C)(C)C)cc1.CC(C)(C)Oc1ccc(C2OCCCO2)cc1.CC(C)(C)Oc1ccc(C2OCCO2)cc1. The molecule has 0 atom stereocenters. The number of ether oxygens (including phenoxy) is 8. The Kier molecular flexibility index (Phi) is 15.6. The van der Waals surface area contributed by atoms with Crippen LogP contribution in [0.3, 0.4) is 0 Å². The van der Waals surface area contributed by atoms with Crippen molar-refractivity contribution in [1.29, 1.82) is 0 Å². The van der Waals surface area contributed by atoms with Crippen LogP contribution < -0.4 is 14.2 Å². The van der Waals surface area contributed by atoms with Crippen LogP contribution in [0.25, 0.3) is 0 Å². The molecular weight excluding hydrogens is 660 g/mol. The Labute approximate surface area is 312 Å². The van der Waals surface area contributed by atoms with E-state index in [4.69, 9.17) is 37.9 Å². The van der Waals surface area contributed by atoms with E-state index >= 15 is 0 Å². The quantitative estimate of drug-likeness (QED) is 0.221. The molecule has 0 saturated carbocycles. The van der Waals surface area contributed by atoms with E-state index in [0.717, 1.165) is 53.6 Å². The van der Waals surface area contributed by atoms with Crippen molar-refractivity contribution in [2.75, 3.05) is 26.4 Å². The van der Waals surface area contributed by atoms with Crippen molar-refractivity contribution in [1.82, 2.24) is 0 Å². The number of carbonyl (C=O) groups excluding carboxylic acids is 1. The highest BCUT2D eigenvalue weighted by Gasteiger charge is 2.20. The van der Waals surface area contributed by atoms with Crippen molar-refractivity contribution in [3.8, 4) is 17.2 Å². The molecule has 0 spiro atoms. The lowest BCUT2D eigenvalue weighted by molar-refractivity contribution is -0.183. The molecular formula is C43H62O9. The average Bonchev–Trinajstić information content (AvgIpc) is 3.56. The molecule has 0 N–H and O–H groups in total. The number of hydrogen-bond acceptors (Lipinski definition) is 9. The summed E-state index contributed by atoms with van der Waals surface area (Å²) in [5, 5.41) is 0. The number of benzene rings is 3. The van der Waals surface area contributed by atoms with Gasteiger partial charge in [0.15, 0.2) is 12.6 Å². The fourth-order valence-electron chi connectivity index (χ4n) is 4.90. The van der Waals surface area contributed by atoms with E-state index < -0.39 is 5.60 Å². The molecule has 2 saturated heterocycles. The minimum Gasteiger partial charge on any atom is -0.488 e. The van der Waals surface area contributed by atoms with Crippen LogP contribution in [0.1, 0.15) is 119 Å². The molecule has 2 heterocycles. The van der Waals surface area contributed by atoms with Crippen LogP contribution >= 0.6 is 0 Å². The maximum atomic E-state index is 11.7. The summed E-state index contributed by atoms with van der Waals surface area (Å²) in [4.78, 5) is 11.7. The van der Waals surface area contributed by atoms with Crippen molar-refractivity contribution in [2.45, 2.75) is 131 Å². The second-order valence-electron chi connectivity index (χ2n) is 16.7. The van der Waals surface area contributed by atoms with Gasteiger partial charge in [0, 0.05) is 11.1 Å². The van der Waals surface area contributed by atoms with E-state index in [9.17, 15) is 4.79 Å². The standard InChI is InChI=1S/C16H24O3.C14H20O3.C13H18O3/c1-15(2,3)18-13-9-7-12(8-10-13)11-14(17)19-16(4,5)6;1-14(2,3)17-12-7-5-11(6-8-12)13-15-9-4-10-16-13;1-13(2,3)16-11-6-4-10(5-7-11)12-14-8-9-15-12/h7-10H,11H2,1-6H3;5-8,13H,4,9-10H2,1-3H3;4-7,12H,8-9H2,1-3H3. The van der Waals surface area contributed by atoms with Gasteiger partial charge in [0.25, 0.3) is 0 Å². The monoisotopic (exact) mass is 722 g/mol. The maximum absolute atomic E-state index is 11.7. The Morgan fingerprint density at radius 1 is 0.500 bits per heavy atom. The van der Waals surface area contributed by atoms with Crippen molar-refractivity contribution in [3.05, 3.63) is 89.5 Å². The Balaban J connectivity index is 0.000000211. The number of hydrogen-bond donors (Lipinski definition) is 0. The van der Waals surface area contributed by atoms with Crippen molar-refractivity contribution < 1.29 is 42.7 Å². The van der Waals surface area contributed by atoms with E-state index in [1.807, 2.05) is 156 Å². The third kappa shape index (κ3) is 17.7. The van der Waals surface area contributed by atoms with Gasteiger partial charge in [-0.2, -0.15) is 0 Å². The van der Waals surface area contributed by atoms with E-state index in [2.05, 4.69) is 0 Å².